The highest BCUT2D eigenvalue weighted by Gasteiger charge is 2.04. The highest BCUT2D eigenvalue weighted by molar-refractivity contribution is 6.99. The van der Waals surface area contributed by atoms with Crippen LogP contribution in [-0.2, 0) is 11.3 Å². The summed E-state index contributed by atoms with van der Waals surface area (Å²) in [6.07, 6.45) is 6.05. The summed E-state index contributed by atoms with van der Waals surface area (Å²) < 4.78 is 9.37. The van der Waals surface area contributed by atoms with Gasteiger partial charge in [-0.1, -0.05) is 5.21 Å². The van der Waals surface area contributed by atoms with Crippen molar-refractivity contribution in [3.05, 3.63) is 18.6 Å². The second-order valence-electron chi connectivity index (χ2n) is 3.11. The van der Waals surface area contributed by atoms with Crippen LogP contribution in [0.3, 0.4) is 0 Å². The van der Waals surface area contributed by atoms with E-state index in [0.29, 0.717) is 25.2 Å². The molecule has 0 bridgehead atoms. The Labute approximate surface area is 95.8 Å². The van der Waals surface area contributed by atoms with Crippen molar-refractivity contribution < 1.29 is 4.79 Å². The topological polar surface area (TPSA) is 85.6 Å². The van der Waals surface area contributed by atoms with E-state index in [-0.39, 0.29) is 5.91 Å². The molecular weight excluding hydrogens is 228 g/mol. The maximum atomic E-state index is 11.4. The van der Waals surface area contributed by atoms with Crippen LogP contribution in [0.1, 0.15) is 12.8 Å². The SMILES string of the molecule is O=C(CCCn1ccnn1)Nc1cnsn1. The first-order valence-corrected chi connectivity index (χ1v) is 5.49. The largest absolute Gasteiger partial charge is 0.309 e. The number of carbonyl (C=O) groups excluding carboxylic acids is 1. The first kappa shape index (κ1) is 10.7. The third kappa shape index (κ3) is 3.09. The lowest BCUT2D eigenvalue weighted by molar-refractivity contribution is -0.116. The van der Waals surface area contributed by atoms with Gasteiger partial charge in [0.15, 0.2) is 5.82 Å². The van der Waals surface area contributed by atoms with Crippen molar-refractivity contribution in [3.63, 3.8) is 0 Å². The van der Waals surface area contributed by atoms with E-state index in [2.05, 4.69) is 24.4 Å². The average molecular weight is 238 g/mol. The summed E-state index contributed by atoms with van der Waals surface area (Å²) in [5.74, 6) is 0.448. The van der Waals surface area contributed by atoms with E-state index in [1.54, 1.807) is 17.1 Å². The molecule has 2 aromatic rings. The molecule has 1 amide bonds. The molecule has 0 saturated carbocycles. The fourth-order valence-corrected chi connectivity index (χ4v) is 1.55. The van der Waals surface area contributed by atoms with Crippen LogP contribution in [0.2, 0.25) is 0 Å². The maximum absolute atomic E-state index is 11.4. The van der Waals surface area contributed by atoms with E-state index in [1.807, 2.05) is 0 Å². The number of anilines is 1. The van der Waals surface area contributed by atoms with Crippen molar-refractivity contribution in [2.24, 2.45) is 0 Å². The van der Waals surface area contributed by atoms with Gasteiger partial charge in [-0.3, -0.25) is 9.48 Å². The van der Waals surface area contributed by atoms with Crippen molar-refractivity contribution in [3.8, 4) is 0 Å². The lowest BCUT2D eigenvalue weighted by atomic mass is 10.3. The van der Waals surface area contributed by atoms with Crippen LogP contribution < -0.4 is 5.32 Å². The molecule has 0 fully saturated rings. The van der Waals surface area contributed by atoms with Crippen LogP contribution in [0.15, 0.2) is 18.6 Å². The van der Waals surface area contributed by atoms with Gasteiger partial charge in [-0.15, -0.1) is 5.10 Å². The average Bonchev–Trinajstić information content (AvgIpc) is 2.90. The van der Waals surface area contributed by atoms with Gasteiger partial charge in [-0.2, -0.15) is 8.75 Å². The van der Waals surface area contributed by atoms with Gasteiger partial charge in [0, 0.05) is 19.2 Å². The zero-order valence-electron chi connectivity index (χ0n) is 8.41. The summed E-state index contributed by atoms with van der Waals surface area (Å²) in [4.78, 5) is 11.4. The monoisotopic (exact) mass is 238 g/mol. The molecule has 16 heavy (non-hydrogen) atoms. The Kier molecular flexibility index (Phi) is 3.54. The summed E-state index contributed by atoms with van der Waals surface area (Å²) in [6, 6.07) is 0. The van der Waals surface area contributed by atoms with Gasteiger partial charge >= 0.3 is 0 Å². The molecule has 0 aliphatic heterocycles. The second-order valence-corrected chi connectivity index (χ2v) is 3.67. The number of carbonyl (C=O) groups is 1. The summed E-state index contributed by atoms with van der Waals surface area (Å²) in [5.41, 5.74) is 0. The minimum atomic E-state index is -0.0622. The quantitative estimate of drug-likeness (QED) is 0.822. The number of nitrogens with zero attached hydrogens (tertiary/aromatic N) is 5. The van der Waals surface area contributed by atoms with Gasteiger partial charge in [0.05, 0.1) is 24.1 Å². The van der Waals surface area contributed by atoms with Crippen LogP contribution in [0.5, 0.6) is 0 Å². The molecule has 0 unspecified atom stereocenters. The zero-order valence-corrected chi connectivity index (χ0v) is 9.22. The fraction of sp³-hybridized carbons (Fsp3) is 0.375. The van der Waals surface area contributed by atoms with Crippen molar-refractivity contribution >= 4 is 23.5 Å². The van der Waals surface area contributed by atoms with E-state index in [1.165, 1.54) is 6.20 Å². The van der Waals surface area contributed by atoms with E-state index < -0.39 is 0 Å². The summed E-state index contributed by atoms with van der Waals surface area (Å²) >= 11 is 1.07. The molecule has 0 atom stereocenters. The number of hydrogen-bond acceptors (Lipinski definition) is 6. The van der Waals surface area contributed by atoms with E-state index >= 15 is 0 Å². The first-order valence-electron chi connectivity index (χ1n) is 4.76. The minimum Gasteiger partial charge on any atom is -0.309 e. The molecule has 0 radical (unpaired) electrons. The first-order chi connectivity index (χ1) is 7.84. The third-order valence-electron chi connectivity index (χ3n) is 1.89. The summed E-state index contributed by atoms with van der Waals surface area (Å²) in [5, 5.41) is 10.1. The lowest BCUT2D eigenvalue weighted by Crippen LogP contribution is -2.12. The van der Waals surface area contributed by atoms with Gasteiger partial charge in [-0.05, 0) is 6.42 Å². The number of nitrogens with one attached hydrogen (secondary N) is 1. The van der Waals surface area contributed by atoms with E-state index in [9.17, 15) is 4.79 Å². The Morgan fingerprint density at radius 1 is 1.56 bits per heavy atom. The Morgan fingerprint density at radius 2 is 2.50 bits per heavy atom. The van der Waals surface area contributed by atoms with Crippen LogP contribution in [0.25, 0.3) is 0 Å². The molecule has 0 saturated heterocycles. The number of aryl methyl sites for hydroxylation is 1. The smallest absolute Gasteiger partial charge is 0.225 e. The Balaban J connectivity index is 1.68. The highest BCUT2D eigenvalue weighted by Crippen LogP contribution is 2.03. The number of rotatable bonds is 5. The number of aromatic nitrogens is 5. The van der Waals surface area contributed by atoms with Crippen molar-refractivity contribution in [1.82, 2.24) is 23.7 Å². The summed E-state index contributed by atoms with van der Waals surface area (Å²) in [7, 11) is 0. The van der Waals surface area contributed by atoms with Gasteiger partial charge < -0.3 is 5.32 Å². The van der Waals surface area contributed by atoms with Crippen LogP contribution in [0.4, 0.5) is 5.82 Å². The molecule has 7 nitrogen and oxygen atoms in total. The summed E-state index contributed by atoms with van der Waals surface area (Å²) in [6.45, 7) is 0.683. The molecule has 0 aliphatic rings. The Morgan fingerprint density at radius 3 is 3.19 bits per heavy atom. The predicted molar refractivity (Wildman–Crippen MR) is 57.8 cm³/mol. The van der Waals surface area contributed by atoms with Crippen LogP contribution in [0, 0.1) is 0 Å². The van der Waals surface area contributed by atoms with Crippen molar-refractivity contribution in [2.45, 2.75) is 19.4 Å². The van der Waals surface area contributed by atoms with Gasteiger partial charge in [0.25, 0.3) is 0 Å². The van der Waals surface area contributed by atoms with Gasteiger partial charge in [0.1, 0.15) is 0 Å². The Hall–Kier alpha value is -1.83. The maximum Gasteiger partial charge on any atom is 0.225 e. The van der Waals surface area contributed by atoms with E-state index in [4.69, 9.17) is 0 Å². The molecule has 0 spiro atoms. The molecule has 1 N–H and O–H groups in total. The third-order valence-corrected chi connectivity index (χ3v) is 2.37. The van der Waals surface area contributed by atoms with Crippen LogP contribution >= 0.6 is 11.7 Å². The highest BCUT2D eigenvalue weighted by atomic mass is 32.1. The number of amides is 1. The molecule has 2 heterocycles. The molecular formula is C8H10N6OS. The predicted octanol–water partition coefficient (Wildman–Crippen LogP) is 0.548. The number of hydrogen-bond donors (Lipinski definition) is 1. The second kappa shape index (κ2) is 5.31. The van der Waals surface area contributed by atoms with Gasteiger partial charge in [0.2, 0.25) is 5.91 Å². The van der Waals surface area contributed by atoms with Gasteiger partial charge in [-0.25, -0.2) is 0 Å². The molecule has 2 aromatic heterocycles. The van der Waals surface area contributed by atoms with Crippen molar-refractivity contribution in [2.75, 3.05) is 5.32 Å². The minimum absolute atomic E-state index is 0.0622. The lowest BCUT2D eigenvalue weighted by Gasteiger charge is -2.01. The molecule has 84 valence electrons. The molecule has 2 rings (SSSR count). The normalized spacial score (nSPS) is 10.2. The van der Waals surface area contributed by atoms with Crippen molar-refractivity contribution in [1.29, 1.82) is 0 Å². The molecule has 8 heteroatoms. The molecule has 0 aromatic carbocycles. The van der Waals surface area contributed by atoms with E-state index in [0.717, 1.165) is 11.7 Å². The standard InChI is InChI=1S/C8H10N6OS/c15-8(11-7-6-10-16-12-7)2-1-4-14-5-3-9-13-14/h3,5-6H,1-2,4H2,(H,11,12,15). The fourth-order valence-electron chi connectivity index (χ4n) is 1.18. The molecule has 0 aliphatic carbocycles. The van der Waals surface area contributed by atoms with Crippen LogP contribution in [-0.4, -0.2) is 29.6 Å². The Bertz CT molecular complexity index is 425. The zero-order chi connectivity index (χ0) is 11.2.